The second-order valence-corrected chi connectivity index (χ2v) is 12.2. The molecule has 3 aliphatic heterocycles. The number of rotatable bonds is 1. The minimum absolute atomic E-state index is 0.169. The Kier molecular flexibility index (Phi) is 8.98. The molecule has 8 nitrogen and oxygen atoms in total. The van der Waals surface area contributed by atoms with E-state index in [2.05, 4.69) is 31.0 Å². The molecule has 204 valence electrons. The topological polar surface area (TPSA) is 100 Å². The monoisotopic (exact) mass is 498 g/mol. The van der Waals surface area contributed by atoms with Crippen LogP contribution in [0.3, 0.4) is 0 Å². The van der Waals surface area contributed by atoms with Crippen LogP contribution in [-0.4, -0.2) is 89.1 Å². The Bertz CT molecular complexity index is 726. The zero-order valence-corrected chi connectivity index (χ0v) is 23.2. The molecule has 9 atom stereocenters. The number of piperidine rings is 1. The summed E-state index contributed by atoms with van der Waals surface area (Å²) in [4.78, 5) is 15.5. The Balaban J connectivity index is 2.03. The maximum absolute atomic E-state index is 13.4. The normalized spacial score (nSPS) is 46.5. The molecule has 3 aliphatic rings. The van der Waals surface area contributed by atoms with Gasteiger partial charge in [-0.2, -0.15) is 0 Å². The number of carbonyl (C=O) groups excluding carboxylic acids is 1. The molecule has 1 spiro atoms. The van der Waals surface area contributed by atoms with Gasteiger partial charge in [0.15, 0.2) is 5.79 Å². The van der Waals surface area contributed by atoms with Crippen molar-refractivity contribution in [3.05, 3.63) is 0 Å². The Morgan fingerprint density at radius 1 is 1.14 bits per heavy atom. The van der Waals surface area contributed by atoms with Crippen molar-refractivity contribution in [3.63, 3.8) is 0 Å². The highest BCUT2D eigenvalue weighted by Crippen LogP contribution is 2.45. The van der Waals surface area contributed by atoms with Crippen molar-refractivity contribution >= 4 is 5.97 Å². The van der Waals surface area contributed by atoms with E-state index in [1.54, 1.807) is 6.92 Å². The number of aliphatic hydroxyl groups is 2. The van der Waals surface area contributed by atoms with Gasteiger partial charge in [0.1, 0.15) is 17.8 Å². The number of esters is 1. The Labute approximate surface area is 212 Å². The molecule has 2 bridgehead atoms. The van der Waals surface area contributed by atoms with Gasteiger partial charge in [-0.15, -0.1) is 0 Å². The fraction of sp³-hybridized carbons (Fsp3) is 0.963. The maximum Gasteiger partial charge on any atom is 0.311 e. The maximum atomic E-state index is 13.4. The Morgan fingerprint density at radius 2 is 1.77 bits per heavy atom. The molecule has 3 fully saturated rings. The van der Waals surface area contributed by atoms with Crippen molar-refractivity contribution in [2.24, 2.45) is 17.8 Å². The minimum Gasteiger partial charge on any atom is -0.459 e. The zero-order valence-electron chi connectivity index (χ0n) is 23.2. The van der Waals surface area contributed by atoms with E-state index in [1.807, 2.05) is 27.8 Å². The molecule has 3 rings (SSSR count). The first-order valence-electron chi connectivity index (χ1n) is 13.6. The van der Waals surface area contributed by atoms with Crippen LogP contribution >= 0.6 is 0 Å². The highest BCUT2D eigenvalue weighted by molar-refractivity contribution is 5.73. The Hall–Kier alpha value is -0.770. The molecule has 3 heterocycles. The smallest absolute Gasteiger partial charge is 0.311 e. The van der Waals surface area contributed by atoms with Crippen LogP contribution in [0.1, 0.15) is 80.6 Å². The van der Waals surface area contributed by atoms with Gasteiger partial charge in [0.2, 0.25) is 0 Å². The average molecular weight is 499 g/mol. The summed E-state index contributed by atoms with van der Waals surface area (Å²) in [6, 6.07) is -0.327. The van der Waals surface area contributed by atoms with Crippen LogP contribution in [0.5, 0.6) is 0 Å². The Morgan fingerprint density at radius 3 is 2.37 bits per heavy atom. The van der Waals surface area contributed by atoms with Crippen LogP contribution in [0.25, 0.3) is 0 Å². The van der Waals surface area contributed by atoms with E-state index in [0.29, 0.717) is 12.8 Å². The third kappa shape index (κ3) is 6.04. The zero-order chi connectivity index (χ0) is 26.2. The van der Waals surface area contributed by atoms with Crippen LogP contribution in [-0.2, 0) is 19.0 Å². The number of aliphatic hydroxyl groups excluding tert-OH is 1. The van der Waals surface area contributed by atoms with E-state index in [9.17, 15) is 15.0 Å². The van der Waals surface area contributed by atoms with Gasteiger partial charge < -0.3 is 34.6 Å². The average Bonchev–Trinajstić information content (AvgIpc) is 2.89. The van der Waals surface area contributed by atoms with E-state index in [0.717, 1.165) is 38.9 Å². The number of nitrogens with zero attached hydrogens (tertiary/aromatic N) is 1. The number of fused-ring (bicyclic) bond motifs is 3. The molecule has 0 unspecified atom stereocenters. The molecule has 3 N–H and O–H groups in total. The number of carbonyl (C=O) groups is 1. The first-order chi connectivity index (χ1) is 16.2. The third-order valence-electron chi connectivity index (χ3n) is 9.09. The SMILES string of the molecule is CC[C@H]1OC(=O)[C@H](C)[C@@H]2C[C@@H](C)[C@](C)(C[C@@H](C)CN(C)[C@H](C)[C@@H](O)[C@]1(C)O)OC1(CCNCC1)O2. The van der Waals surface area contributed by atoms with E-state index >= 15 is 0 Å². The van der Waals surface area contributed by atoms with Gasteiger partial charge >= 0.3 is 5.97 Å². The lowest BCUT2D eigenvalue weighted by Gasteiger charge is -2.46. The summed E-state index contributed by atoms with van der Waals surface area (Å²) in [5.74, 6) is -1.21. The van der Waals surface area contributed by atoms with Crippen molar-refractivity contribution in [3.8, 4) is 0 Å². The summed E-state index contributed by atoms with van der Waals surface area (Å²) in [6.07, 6.45) is 1.12. The fourth-order valence-electron chi connectivity index (χ4n) is 6.40. The molecule has 0 aliphatic carbocycles. The summed E-state index contributed by atoms with van der Waals surface area (Å²) in [6.45, 7) is 16.2. The molecule has 0 amide bonds. The molecule has 0 aromatic rings. The standard InChI is InChI=1S/C27H50N2O6/c1-9-22-26(7,32)23(30)20(5)29(8)16-17(2)15-25(6)18(3)14-21(19(4)24(31)33-22)34-27(35-25)10-12-28-13-11-27/h17-23,28,30,32H,9-16H2,1-8H3/t17-,18-,19-,20-,21+,22-,23-,25+,26-/m1/s1. The van der Waals surface area contributed by atoms with Crippen LogP contribution in [0.2, 0.25) is 0 Å². The van der Waals surface area contributed by atoms with Crippen molar-refractivity contribution < 1.29 is 29.2 Å². The van der Waals surface area contributed by atoms with Gasteiger partial charge in [-0.3, -0.25) is 4.79 Å². The van der Waals surface area contributed by atoms with Gasteiger partial charge in [0.25, 0.3) is 0 Å². The predicted octanol–water partition coefficient (Wildman–Crippen LogP) is 2.70. The summed E-state index contributed by atoms with van der Waals surface area (Å²) in [7, 11) is 1.97. The van der Waals surface area contributed by atoms with E-state index in [4.69, 9.17) is 14.2 Å². The minimum atomic E-state index is -1.59. The van der Waals surface area contributed by atoms with E-state index in [-0.39, 0.29) is 24.0 Å². The van der Waals surface area contributed by atoms with Crippen LogP contribution in [0.15, 0.2) is 0 Å². The van der Waals surface area contributed by atoms with E-state index < -0.39 is 41.1 Å². The largest absolute Gasteiger partial charge is 0.459 e. The van der Waals surface area contributed by atoms with Gasteiger partial charge in [-0.05, 0) is 65.8 Å². The predicted molar refractivity (Wildman–Crippen MR) is 135 cm³/mol. The number of hydrogen-bond acceptors (Lipinski definition) is 8. The molecule has 0 aromatic carbocycles. The molecule has 35 heavy (non-hydrogen) atoms. The summed E-state index contributed by atoms with van der Waals surface area (Å²) < 4.78 is 19.6. The van der Waals surface area contributed by atoms with Crippen LogP contribution in [0.4, 0.5) is 0 Å². The highest BCUT2D eigenvalue weighted by atomic mass is 16.7. The number of cyclic esters (lactones) is 1. The van der Waals surface area contributed by atoms with Crippen LogP contribution < -0.4 is 5.32 Å². The van der Waals surface area contributed by atoms with Crippen molar-refractivity contribution in [2.45, 2.75) is 122 Å². The number of likely N-dealkylation sites (N-methyl/N-ethyl adjacent to an activating group) is 1. The van der Waals surface area contributed by atoms with Crippen molar-refractivity contribution in [1.82, 2.24) is 10.2 Å². The molecular formula is C27H50N2O6. The van der Waals surface area contributed by atoms with Gasteiger partial charge in [0.05, 0.1) is 17.6 Å². The summed E-state index contributed by atoms with van der Waals surface area (Å²) in [5, 5.41) is 25.9. The fourth-order valence-corrected chi connectivity index (χ4v) is 6.40. The van der Waals surface area contributed by atoms with Gasteiger partial charge in [-0.1, -0.05) is 20.8 Å². The first kappa shape index (κ1) is 28.8. The highest BCUT2D eigenvalue weighted by Gasteiger charge is 2.52. The first-order valence-corrected chi connectivity index (χ1v) is 13.6. The van der Waals surface area contributed by atoms with Crippen LogP contribution in [0, 0.1) is 17.8 Å². The lowest BCUT2D eigenvalue weighted by molar-refractivity contribution is -0.306. The second-order valence-electron chi connectivity index (χ2n) is 12.2. The van der Waals surface area contributed by atoms with Crippen molar-refractivity contribution in [2.75, 3.05) is 26.7 Å². The number of ether oxygens (including phenoxy) is 3. The number of hydrogen-bond donors (Lipinski definition) is 3. The van der Waals surface area contributed by atoms with Crippen molar-refractivity contribution in [1.29, 1.82) is 0 Å². The molecule has 8 heteroatoms. The van der Waals surface area contributed by atoms with E-state index in [1.165, 1.54) is 0 Å². The quantitative estimate of drug-likeness (QED) is 0.475. The molecule has 0 radical (unpaired) electrons. The molecule has 0 saturated carbocycles. The summed E-state index contributed by atoms with van der Waals surface area (Å²) >= 11 is 0. The molecular weight excluding hydrogens is 448 g/mol. The second kappa shape index (κ2) is 10.9. The lowest BCUT2D eigenvalue weighted by Crippen LogP contribution is -2.59. The number of nitrogens with one attached hydrogen (secondary N) is 1. The van der Waals surface area contributed by atoms with Gasteiger partial charge in [0, 0.05) is 38.5 Å². The lowest BCUT2D eigenvalue weighted by atomic mass is 9.78. The third-order valence-corrected chi connectivity index (χ3v) is 9.09. The molecule has 0 aromatic heterocycles. The molecule has 3 saturated heterocycles. The summed E-state index contributed by atoms with van der Waals surface area (Å²) in [5.41, 5.74) is -2.01. The van der Waals surface area contributed by atoms with Gasteiger partial charge in [-0.25, -0.2) is 0 Å².